The predicted molar refractivity (Wildman–Crippen MR) is 61.1 cm³/mol. The van der Waals surface area contributed by atoms with Crippen LogP contribution in [0, 0.1) is 0 Å². The predicted octanol–water partition coefficient (Wildman–Crippen LogP) is 1.30. The van der Waals surface area contributed by atoms with Crippen LogP contribution in [0.25, 0.3) is 0 Å². The van der Waals surface area contributed by atoms with Gasteiger partial charge in [-0.25, -0.2) is 0 Å². The minimum Gasteiger partial charge on any atom is -0.493 e. The Balaban J connectivity index is 3.05. The van der Waals surface area contributed by atoms with Gasteiger partial charge in [0.25, 0.3) is 0 Å². The first-order valence-electron chi connectivity index (χ1n) is 4.87. The Labute approximate surface area is 99.4 Å². The zero-order valence-corrected chi connectivity index (χ0v) is 9.83. The highest BCUT2D eigenvalue weighted by Gasteiger charge is 2.10. The van der Waals surface area contributed by atoms with Gasteiger partial charge in [-0.1, -0.05) is 0 Å². The average molecular weight is 247 g/mol. The molecular formula is C11H15ClO4. The van der Waals surface area contributed by atoms with Gasteiger partial charge in [-0.3, -0.25) is 0 Å². The third-order valence-corrected chi connectivity index (χ3v) is 2.32. The molecule has 90 valence electrons. The maximum absolute atomic E-state index is 9.13. The first kappa shape index (κ1) is 13.1. The molecule has 0 aliphatic heterocycles. The number of rotatable bonds is 6. The van der Waals surface area contributed by atoms with E-state index in [1.165, 1.54) is 7.11 Å². The van der Waals surface area contributed by atoms with Crippen LogP contribution in [0.5, 0.6) is 11.5 Å². The Morgan fingerprint density at radius 1 is 1.12 bits per heavy atom. The van der Waals surface area contributed by atoms with Gasteiger partial charge in [0.05, 0.1) is 26.2 Å². The van der Waals surface area contributed by atoms with Crippen molar-refractivity contribution in [3.63, 3.8) is 0 Å². The number of aliphatic hydroxyl groups excluding tert-OH is 2. The SMILES string of the molecule is COc1cc(CO)c(CO)cc1OCCCl. The summed E-state index contributed by atoms with van der Waals surface area (Å²) in [5.41, 5.74) is 1.24. The first-order chi connectivity index (χ1) is 7.76. The lowest BCUT2D eigenvalue weighted by Crippen LogP contribution is -2.03. The van der Waals surface area contributed by atoms with Crippen LogP contribution in [0.1, 0.15) is 11.1 Å². The molecule has 0 fully saturated rings. The number of methoxy groups -OCH3 is 1. The molecule has 0 bridgehead atoms. The number of hydrogen-bond donors (Lipinski definition) is 2. The van der Waals surface area contributed by atoms with Gasteiger partial charge < -0.3 is 19.7 Å². The van der Waals surface area contributed by atoms with E-state index in [4.69, 9.17) is 31.3 Å². The summed E-state index contributed by atoms with van der Waals surface area (Å²) in [5.74, 6) is 1.41. The average Bonchev–Trinajstić information content (AvgIpc) is 2.35. The van der Waals surface area contributed by atoms with E-state index < -0.39 is 0 Å². The topological polar surface area (TPSA) is 58.9 Å². The Bertz CT molecular complexity index is 341. The molecule has 1 rings (SSSR count). The monoisotopic (exact) mass is 246 g/mol. The van der Waals surface area contributed by atoms with Gasteiger partial charge in [0, 0.05) is 0 Å². The molecule has 16 heavy (non-hydrogen) atoms. The normalized spacial score (nSPS) is 10.2. The third kappa shape index (κ3) is 3.01. The fourth-order valence-electron chi connectivity index (χ4n) is 1.36. The van der Waals surface area contributed by atoms with E-state index in [1.807, 2.05) is 0 Å². The summed E-state index contributed by atoms with van der Waals surface area (Å²) in [6.07, 6.45) is 0. The maximum atomic E-state index is 9.13. The van der Waals surface area contributed by atoms with Crippen molar-refractivity contribution in [1.29, 1.82) is 0 Å². The second kappa shape index (κ2) is 6.58. The van der Waals surface area contributed by atoms with E-state index >= 15 is 0 Å². The molecule has 0 spiro atoms. The van der Waals surface area contributed by atoms with Crippen LogP contribution >= 0.6 is 11.6 Å². The van der Waals surface area contributed by atoms with Crippen LogP contribution in [-0.4, -0.2) is 29.8 Å². The molecule has 0 atom stereocenters. The van der Waals surface area contributed by atoms with Crippen LogP contribution < -0.4 is 9.47 Å². The number of hydrogen-bond acceptors (Lipinski definition) is 4. The lowest BCUT2D eigenvalue weighted by Gasteiger charge is -2.13. The van der Waals surface area contributed by atoms with E-state index in [9.17, 15) is 0 Å². The van der Waals surface area contributed by atoms with Gasteiger partial charge in [0.15, 0.2) is 11.5 Å². The Kier molecular flexibility index (Phi) is 5.38. The van der Waals surface area contributed by atoms with E-state index in [-0.39, 0.29) is 13.2 Å². The molecule has 0 heterocycles. The molecule has 0 aromatic heterocycles. The quantitative estimate of drug-likeness (QED) is 0.743. The molecule has 0 saturated heterocycles. The number of ether oxygens (including phenoxy) is 2. The molecule has 0 aliphatic rings. The van der Waals surface area contributed by atoms with Crippen LogP contribution in [0.3, 0.4) is 0 Å². The van der Waals surface area contributed by atoms with E-state index in [0.717, 1.165) is 0 Å². The number of benzene rings is 1. The molecule has 0 radical (unpaired) electrons. The molecule has 1 aromatic rings. The Morgan fingerprint density at radius 3 is 2.12 bits per heavy atom. The molecule has 0 saturated carbocycles. The van der Waals surface area contributed by atoms with Crippen molar-refractivity contribution in [3.05, 3.63) is 23.3 Å². The fourth-order valence-corrected chi connectivity index (χ4v) is 1.44. The van der Waals surface area contributed by atoms with Crippen molar-refractivity contribution in [1.82, 2.24) is 0 Å². The summed E-state index contributed by atoms with van der Waals surface area (Å²) >= 11 is 5.52. The van der Waals surface area contributed by atoms with Crippen molar-refractivity contribution in [2.45, 2.75) is 13.2 Å². The van der Waals surface area contributed by atoms with Gasteiger partial charge in [0.2, 0.25) is 0 Å². The van der Waals surface area contributed by atoms with Crippen molar-refractivity contribution < 1.29 is 19.7 Å². The van der Waals surface area contributed by atoms with E-state index in [1.54, 1.807) is 12.1 Å². The smallest absolute Gasteiger partial charge is 0.161 e. The summed E-state index contributed by atoms with van der Waals surface area (Å²) in [6, 6.07) is 3.30. The lowest BCUT2D eigenvalue weighted by molar-refractivity contribution is 0.256. The Hall–Kier alpha value is -0.970. The van der Waals surface area contributed by atoms with E-state index in [0.29, 0.717) is 35.1 Å². The van der Waals surface area contributed by atoms with Gasteiger partial charge in [-0.15, -0.1) is 11.6 Å². The highest BCUT2D eigenvalue weighted by molar-refractivity contribution is 6.18. The first-order valence-corrected chi connectivity index (χ1v) is 5.40. The van der Waals surface area contributed by atoms with Crippen LogP contribution in [0.4, 0.5) is 0 Å². The van der Waals surface area contributed by atoms with E-state index in [2.05, 4.69) is 0 Å². The number of aliphatic hydroxyl groups is 2. The van der Waals surface area contributed by atoms with Crippen LogP contribution in [-0.2, 0) is 13.2 Å². The minimum absolute atomic E-state index is 0.151. The molecule has 5 heteroatoms. The summed E-state index contributed by atoms with van der Waals surface area (Å²) < 4.78 is 10.5. The third-order valence-electron chi connectivity index (χ3n) is 2.16. The van der Waals surface area contributed by atoms with Gasteiger partial charge in [-0.2, -0.15) is 0 Å². The van der Waals surface area contributed by atoms with Crippen molar-refractivity contribution in [3.8, 4) is 11.5 Å². The van der Waals surface area contributed by atoms with Crippen LogP contribution in [0.15, 0.2) is 12.1 Å². The molecule has 4 nitrogen and oxygen atoms in total. The highest BCUT2D eigenvalue weighted by atomic mass is 35.5. The Morgan fingerprint density at radius 2 is 1.69 bits per heavy atom. The molecule has 0 amide bonds. The molecular weight excluding hydrogens is 232 g/mol. The van der Waals surface area contributed by atoms with Gasteiger partial charge in [-0.05, 0) is 23.3 Å². The summed E-state index contributed by atoms with van der Waals surface area (Å²) in [6.45, 7) is 0.0560. The zero-order chi connectivity index (χ0) is 12.0. The van der Waals surface area contributed by atoms with Crippen molar-refractivity contribution in [2.24, 2.45) is 0 Å². The minimum atomic E-state index is -0.156. The maximum Gasteiger partial charge on any atom is 0.161 e. The summed E-state index contributed by atoms with van der Waals surface area (Å²) in [5, 5.41) is 18.2. The van der Waals surface area contributed by atoms with Crippen LogP contribution in [0.2, 0.25) is 0 Å². The molecule has 1 aromatic carbocycles. The fraction of sp³-hybridized carbons (Fsp3) is 0.455. The molecule has 0 unspecified atom stereocenters. The largest absolute Gasteiger partial charge is 0.493 e. The van der Waals surface area contributed by atoms with Crippen molar-refractivity contribution in [2.75, 3.05) is 19.6 Å². The number of alkyl halides is 1. The van der Waals surface area contributed by atoms with Crippen molar-refractivity contribution >= 4 is 11.6 Å². The summed E-state index contributed by atoms with van der Waals surface area (Å²) in [7, 11) is 1.52. The molecule has 0 aliphatic carbocycles. The lowest BCUT2D eigenvalue weighted by atomic mass is 10.1. The second-order valence-corrected chi connectivity index (χ2v) is 3.50. The highest BCUT2D eigenvalue weighted by Crippen LogP contribution is 2.31. The standard InChI is InChI=1S/C11H15ClO4/c1-15-10-4-8(6-13)9(7-14)5-11(10)16-3-2-12/h4-5,13-14H,2-3,6-7H2,1H3. The second-order valence-electron chi connectivity index (χ2n) is 3.13. The van der Waals surface area contributed by atoms with Gasteiger partial charge in [0.1, 0.15) is 6.61 Å². The van der Waals surface area contributed by atoms with Gasteiger partial charge >= 0.3 is 0 Å². The zero-order valence-electron chi connectivity index (χ0n) is 9.07. The number of halogens is 1. The summed E-state index contributed by atoms with van der Waals surface area (Å²) in [4.78, 5) is 0. The molecule has 2 N–H and O–H groups in total.